The molecule has 5 rings (SSSR count). The average Bonchev–Trinajstić information content (AvgIpc) is 3.60. The highest BCUT2D eigenvalue weighted by Crippen LogP contribution is 2.48. The van der Waals surface area contributed by atoms with E-state index in [4.69, 9.17) is 19.9 Å². The molecule has 2 aromatic heterocycles. The van der Waals surface area contributed by atoms with Gasteiger partial charge in [0, 0.05) is 50.2 Å². The van der Waals surface area contributed by atoms with E-state index in [9.17, 15) is 4.79 Å². The van der Waals surface area contributed by atoms with Crippen molar-refractivity contribution in [2.75, 3.05) is 25.0 Å². The van der Waals surface area contributed by atoms with Crippen LogP contribution in [0.1, 0.15) is 73.3 Å². The third-order valence-corrected chi connectivity index (χ3v) is 7.19. The Morgan fingerprint density at radius 3 is 2.76 bits per heavy atom. The largest absolute Gasteiger partial charge is 0.483 e. The van der Waals surface area contributed by atoms with Crippen LogP contribution in [0.2, 0.25) is 0 Å². The van der Waals surface area contributed by atoms with Gasteiger partial charge in [0.15, 0.2) is 0 Å². The molecule has 2 fully saturated rings. The number of hydrogen-bond acceptors (Lipinski definition) is 6. The van der Waals surface area contributed by atoms with E-state index >= 15 is 0 Å². The molecule has 1 aliphatic heterocycles. The van der Waals surface area contributed by atoms with E-state index in [1.54, 1.807) is 6.92 Å². The molecule has 0 radical (unpaired) electrons. The van der Waals surface area contributed by atoms with Gasteiger partial charge in [-0.2, -0.15) is 0 Å². The number of fused-ring (bicyclic) bond motifs is 2. The van der Waals surface area contributed by atoms with Gasteiger partial charge in [-0.1, -0.05) is 6.07 Å². The third-order valence-electron chi connectivity index (χ3n) is 7.19. The summed E-state index contributed by atoms with van der Waals surface area (Å²) in [6, 6.07) is 4.10. The molecule has 8 heteroatoms. The number of carboxylic acid groups (broad SMARTS) is 1. The predicted molar refractivity (Wildman–Crippen MR) is 125 cm³/mol. The highest BCUT2D eigenvalue weighted by molar-refractivity contribution is 5.73. The number of aryl methyl sites for hydroxylation is 1. The number of aromatic nitrogens is 3. The fraction of sp³-hybridized carbons (Fsp3) is 0.560. The highest BCUT2D eigenvalue weighted by atomic mass is 16.3. The van der Waals surface area contributed by atoms with Crippen molar-refractivity contribution in [3.05, 3.63) is 46.7 Å². The number of likely N-dealkylation sites (tertiary alicyclic amines) is 1. The minimum atomic E-state index is -0.250. The van der Waals surface area contributed by atoms with E-state index in [0.29, 0.717) is 5.92 Å². The molecule has 176 valence electrons. The van der Waals surface area contributed by atoms with E-state index in [-0.39, 0.29) is 17.8 Å². The maximum Gasteiger partial charge on any atom is 0.290 e. The lowest BCUT2D eigenvalue weighted by Gasteiger charge is -2.40. The second-order valence-electron chi connectivity index (χ2n) is 9.56. The number of piperidine rings is 1. The van der Waals surface area contributed by atoms with Gasteiger partial charge in [-0.25, -0.2) is 9.97 Å². The topological polar surface area (TPSA) is 99.5 Å². The Kier molecular flexibility index (Phi) is 6.63. The quantitative estimate of drug-likeness (QED) is 0.713. The average molecular weight is 452 g/mol. The van der Waals surface area contributed by atoms with Crippen LogP contribution in [0.25, 0.3) is 0 Å². The van der Waals surface area contributed by atoms with Crippen molar-refractivity contribution in [1.82, 2.24) is 19.9 Å². The molecule has 1 saturated carbocycles. The van der Waals surface area contributed by atoms with Gasteiger partial charge < -0.3 is 14.9 Å². The molecule has 1 N–H and O–H groups in total. The molecule has 8 nitrogen and oxygen atoms in total. The lowest BCUT2D eigenvalue weighted by atomic mass is 9.77. The smallest absolute Gasteiger partial charge is 0.290 e. The lowest BCUT2D eigenvalue weighted by molar-refractivity contribution is -0.131. The van der Waals surface area contributed by atoms with Crippen LogP contribution in [0.4, 0.5) is 5.82 Å². The summed E-state index contributed by atoms with van der Waals surface area (Å²) in [7, 11) is 2.13. The first-order chi connectivity index (χ1) is 15.9. The molecule has 1 amide bonds. The lowest BCUT2D eigenvalue weighted by Crippen LogP contribution is -2.47. The van der Waals surface area contributed by atoms with E-state index in [2.05, 4.69) is 29.9 Å². The molecule has 0 bridgehead atoms. The molecule has 1 unspecified atom stereocenters. The number of nitrogens with zero attached hydrogens (tertiary/aromatic N) is 5. The van der Waals surface area contributed by atoms with Crippen molar-refractivity contribution < 1.29 is 14.7 Å². The first-order valence-electron chi connectivity index (χ1n) is 11.7. The van der Waals surface area contributed by atoms with Crippen molar-refractivity contribution in [2.24, 2.45) is 0 Å². The van der Waals surface area contributed by atoms with E-state index in [1.807, 2.05) is 17.2 Å². The highest BCUT2D eigenvalue weighted by Gasteiger charge is 2.46. The maximum atomic E-state index is 12.1. The van der Waals surface area contributed by atoms with Gasteiger partial charge in [0.2, 0.25) is 5.91 Å². The SMILES string of the molecule is CC(=O)N1CCCC2(CCc3c(N(C)Cc4ncccc4C)nc(C4CC4)nc32)C1.O=CO. The van der Waals surface area contributed by atoms with Gasteiger partial charge in [0.1, 0.15) is 11.6 Å². The summed E-state index contributed by atoms with van der Waals surface area (Å²) in [4.78, 5) is 39.6. The fourth-order valence-corrected chi connectivity index (χ4v) is 5.26. The van der Waals surface area contributed by atoms with Crippen LogP contribution in [0, 0.1) is 6.92 Å². The Bertz CT molecular complexity index is 1040. The normalized spacial score (nSPS) is 21.2. The van der Waals surface area contributed by atoms with Gasteiger partial charge in [0.05, 0.1) is 17.9 Å². The fourth-order valence-electron chi connectivity index (χ4n) is 5.26. The molecule has 3 aliphatic rings. The Balaban J connectivity index is 0.000000821. The van der Waals surface area contributed by atoms with Crippen molar-refractivity contribution >= 4 is 18.2 Å². The zero-order chi connectivity index (χ0) is 23.6. The van der Waals surface area contributed by atoms with Gasteiger partial charge in [-0.3, -0.25) is 14.6 Å². The summed E-state index contributed by atoms with van der Waals surface area (Å²) >= 11 is 0. The number of carbonyl (C=O) groups excluding carboxylic acids is 1. The van der Waals surface area contributed by atoms with Crippen molar-refractivity contribution in [3.63, 3.8) is 0 Å². The van der Waals surface area contributed by atoms with Crippen LogP contribution < -0.4 is 4.90 Å². The summed E-state index contributed by atoms with van der Waals surface area (Å²) < 4.78 is 0. The number of amides is 1. The molecule has 3 heterocycles. The number of anilines is 1. The summed E-state index contributed by atoms with van der Waals surface area (Å²) in [5.74, 6) is 2.77. The van der Waals surface area contributed by atoms with E-state index in [1.165, 1.54) is 29.7 Å². The minimum Gasteiger partial charge on any atom is -0.483 e. The van der Waals surface area contributed by atoms with Gasteiger partial charge in [0.25, 0.3) is 6.47 Å². The molecule has 0 aromatic carbocycles. The number of pyridine rings is 1. The first kappa shape index (κ1) is 23.1. The van der Waals surface area contributed by atoms with Crippen molar-refractivity contribution in [3.8, 4) is 0 Å². The Labute approximate surface area is 195 Å². The Morgan fingerprint density at radius 2 is 2.09 bits per heavy atom. The standard InChI is InChI=1S/C24H31N5O.CH2O2/c1-16-6-4-12-25-20(16)14-28(3)23-19-9-11-24(10-5-13-29(15-24)17(2)30)21(19)26-22(27-23)18-7-8-18;2-1-3/h4,6,12,18H,5,7-11,13-15H2,1-3H3;1H,(H,2,3). The predicted octanol–water partition coefficient (Wildman–Crippen LogP) is 3.22. The monoisotopic (exact) mass is 451 g/mol. The van der Waals surface area contributed by atoms with Crippen LogP contribution in [-0.4, -0.2) is 57.5 Å². The summed E-state index contributed by atoms with van der Waals surface area (Å²) in [6.45, 7) is 5.98. The second kappa shape index (κ2) is 9.45. The summed E-state index contributed by atoms with van der Waals surface area (Å²) in [6.07, 6.45) is 8.48. The molecule has 2 aromatic rings. The molecule has 2 aliphatic carbocycles. The summed E-state index contributed by atoms with van der Waals surface area (Å²) in [5.41, 5.74) is 4.82. The molecular formula is C25H33N5O3. The summed E-state index contributed by atoms with van der Waals surface area (Å²) in [5, 5.41) is 6.89. The van der Waals surface area contributed by atoms with Gasteiger partial charge in [-0.05, 0) is 57.1 Å². The Hall–Kier alpha value is -3.03. The van der Waals surface area contributed by atoms with Crippen molar-refractivity contribution in [2.45, 2.75) is 70.3 Å². The minimum absolute atomic E-state index is 0.00232. The molecule has 1 atom stereocenters. The van der Waals surface area contributed by atoms with Crippen LogP contribution in [0.3, 0.4) is 0 Å². The van der Waals surface area contributed by atoms with Crippen LogP contribution >= 0.6 is 0 Å². The van der Waals surface area contributed by atoms with Gasteiger partial charge >= 0.3 is 0 Å². The van der Waals surface area contributed by atoms with Gasteiger partial charge in [-0.15, -0.1) is 0 Å². The molecular weight excluding hydrogens is 418 g/mol. The number of hydrogen-bond donors (Lipinski definition) is 1. The van der Waals surface area contributed by atoms with Crippen molar-refractivity contribution in [1.29, 1.82) is 0 Å². The maximum absolute atomic E-state index is 12.1. The molecule has 1 spiro atoms. The van der Waals surface area contributed by atoms with Crippen LogP contribution in [0.15, 0.2) is 18.3 Å². The number of carbonyl (C=O) groups is 2. The zero-order valence-corrected chi connectivity index (χ0v) is 19.8. The molecule has 33 heavy (non-hydrogen) atoms. The van der Waals surface area contributed by atoms with E-state index < -0.39 is 0 Å². The zero-order valence-electron chi connectivity index (χ0n) is 19.8. The Morgan fingerprint density at radius 1 is 1.33 bits per heavy atom. The first-order valence-corrected chi connectivity index (χ1v) is 11.7. The third kappa shape index (κ3) is 4.70. The van der Waals surface area contributed by atoms with E-state index in [0.717, 1.165) is 62.7 Å². The van der Waals surface area contributed by atoms with Crippen LogP contribution in [-0.2, 0) is 28.0 Å². The second-order valence-corrected chi connectivity index (χ2v) is 9.56. The molecule has 1 saturated heterocycles. The number of rotatable bonds is 4. The van der Waals surface area contributed by atoms with Crippen LogP contribution in [0.5, 0.6) is 0 Å².